The molecule has 1 heterocycles. The van der Waals surface area contributed by atoms with E-state index in [9.17, 15) is 4.79 Å². The number of ether oxygens (including phenoxy) is 1. The van der Waals surface area contributed by atoms with E-state index in [0.717, 1.165) is 47.0 Å². The Hall–Kier alpha value is -1.36. The second-order valence-electron chi connectivity index (χ2n) is 5.37. The van der Waals surface area contributed by atoms with Gasteiger partial charge in [0.05, 0.1) is 11.0 Å². The molecule has 1 N–H and O–H groups in total. The Labute approximate surface area is 126 Å². The third-order valence-corrected chi connectivity index (χ3v) is 4.35. The van der Waals surface area contributed by atoms with Gasteiger partial charge in [-0.1, -0.05) is 15.9 Å². The number of imidazole rings is 1. The molecule has 1 aliphatic rings. The third kappa shape index (κ3) is 2.87. The molecule has 106 valence electrons. The molecule has 0 bridgehead atoms. The molecule has 20 heavy (non-hydrogen) atoms. The summed E-state index contributed by atoms with van der Waals surface area (Å²) in [6, 6.07) is 6.07. The van der Waals surface area contributed by atoms with E-state index in [-0.39, 0.29) is 12.1 Å². The van der Waals surface area contributed by atoms with Crippen molar-refractivity contribution < 1.29 is 9.53 Å². The number of carbonyl (C=O) groups is 1. The largest absolute Gasteiger partial charge is 0.463 e. The van der Waals surface area contributed by atoms with E-state index in [2.05, 4.69) is 32.0 Å². The molecule has 1 saturated carbocycles. The molecule has 1 aromatic heterocycles. The smallest absolute Gasteiger partial charge is 0.302 e. The summed E-state index contributed by atoms with van der Waals surface area (Å²) in [5.74, 6) is 1.31. The van der Waals surface area contributed by atoms with Crippen molar-refractivity contribution >= 4 is 32.9 Å². The van der Waals surface area contributed by atoms with Gasteiger partial charge in [0.15, 0.2) is 0 Å². The lowest BCUT2D eigenvalue weighted by molar-refractivity contribution is -0.147. The van der Waals surface area contributed by atoms with Crippen LogP contribution >= 0.6 is 15.9 Å². The van der Waals surface area contributed by atoms with Crippen LogP contribution in [0.15, 0.2) is 22.7 Å². The first kappa shape index (κ1) is 13.6. The fourth-order valence-electron chi connectivity index (χ4n) is 2.88. The maximum Gasteiger partial charge on any atom is 0.302 e. The third-order valence-electron chi connectivity index (χ3n) is 3.86. The van der Waals surface area contributed by atoms with Gasteiger partial charge in [0.1, 0.15) is 11.9 Å². The zero-order valence-electron chi connectivity index (χ0n) is 11.4. The van der Waals surface area contributed by atoms with Crippen molar-refractivity contribution in [2.75, 3.05) is 0 Å². The second kappa shape index (κ2) is 5.56. The van der Waals surface area contributed by atoms with Gasteiger partial charge in [-0.15, -0.1) is 0 Å². The predicted octanol–water partition coefficient (Wildman–Crippen LogP) is 3.91. The lowest BCUT2D eigenvalue weighted by Gasteiger charge is -2.26. The average Bonchev–Trinajstić information content (AvgIpc) is 2.81. The van der Waals surface area contributed by atoms with Crippen molar-refractivity contribution in [3.05, 3.63) is 28.5 Å². The molecule has 1 aliphatic carbocycles. The predicted molar refractivity (Wildman–Crippen MR) is 80.6 cm³/mol. The first-order chi connectivity index (χ1) is 9.61. The Morgan fingerprint density at radius 1 is 1.35 bits per heavy atom. The molecule has 0 amide bonds. The number of esters is 1. The molecule has 3 rings (SSSR count). The summed E-state index contributed by atoms with van der Waals surface area (Å²) in [6.45, 7) is 1.48. The number of nitrogens with one attached hydrogen (secondary N) is 1. The van der Waals surface area contributed by atoms with Gasteiger partial charge >= 0.3 is 5.97 Å². The zero-order chi connectivity index (χ0) is 14.1. The number of benzene rings is 1. The molecular weight excluding hydrogens is 320 g/mol. The Kier molecular flexibility index (Phi) is 3.78. The fourth-order valence-corrected chi connectivity index (χ4v) is 3.24. The summed E-state index contributed by atoms with van der Waals surface area (Å²) in [6.07, 6.45) is 3.95. The molecule has 0 saturated heterocycles. The molecule has 1 fully saturated rings. The maximum atomic E-state index is 11.0. The maximum absolute atomic E-state index is 11.0. The minimum Gasteiger partial charge on any atom is -0.463 e. The number of hydrogen-bond acceptors (Lipinski definition) is 3. The molecule has 0 spiro atoms. The number of carbonyl (C=O) groups excluding carboxylic acids is 1. The molecule has 0 atom stereocenters. The van der Waals surface area contributed by atoms with Crippen LogP contribution in [0, 0.1) is 0 Å². The Morgan fingerprint density at radius 2 is 2.10 bits per heavy atom. The zero-order valence-corrected chi connectivity index (χ0v) is 12.9. The van der Waals surface area contributed by atoms with Crippen LogP contribution in [0.4, 0.5) is 0 Å². The second-order valence-corrected chi connectivity index (χ2v) is 6.28. The Morgan fingerprint density at radius 3 is 2.80 bits per heavy atom. The van der Waals surface area contributed by atoms with E-state index in [1.165, 1.54) is 6.92 Å². The SMILES string of the molecule is CC(=O)OC1CCC(c2nc3ccc(Br)cc3[nH]2)CC1. The quantitative estimate of drug-likeness (QED) is 0.845. The number of rotatable bonds is 2. The van der Waals surface area contributed by atoms with Gasteiger partial charge < -0.3 is 9.72 Å². The van der Waals surface area contributed by atoms with E-state index in [4.69, 9.17) is 4.74 Å². The Bertz CT molecular complexity index is 630. The van der Waals surface area contributed by atoms with Crippen molar-refractivity contribution in [3.8, 4) is 0 Å². The van der Waals surface area contributed by atoms with Crippen molar-refractivity contribution in [2.45, 2.75) is 44.6 Å². The average molecular weight is 337 g/mol. The van der Waals surface area contributed by atoms with Gasteiger partial charge in [-0.2, -0.15) is 0 Å². The highest BCUT2D eigenvalue weighted by Gasteiger charge is 2.26. The first-order valence-electron chi connectivity index (χ1n) is 6.94. The van der Waals surface area contributed by atoms with Crippen LogP contribution in [-0.4, -0.2) is 22.0 Å². The molecular formula is C15H17BrN2O2. The number of halogens is 1. The van der Waals surface area contributed by atoms with Gasteiger partial charge in [-0.3, -0.25) is 4.79 Å². The first-order valence-corrected chi connectivity index (χ1v) is 7.73. The van der Waals surface area contributed by atoms with Crippen molar-refractivity contribution in [3.63, 3.8) is 0 Å². The topological polar surface area (TPSA) is 55.0 Å². The van der Waals surface area contributed by atoms with E-state index in [1.54, 1.807) is 0 Å². The van der Waals surface area contributed by atoms with Crippen LogP contribution in [0.1, 0.15) is 44.3 Å². The van der Waals surface area contributed by atoms with Gasteiger partial charge in [0.25, 0.3) is 0 Å². The summed E-state index contributed by atoms with van der Waals surface area (Å²) in [5, 5.41) is 0. The number of H-pyrrole nitrogens is 1. The molecule has 5 heteroatoms. The number of aromatic nitrogens is 2. The minimum absolute atomic E-state index is 0.0854. The summed E-state index contributed by atoms with van der Waals surface area (Å²) in [4.78, 5) is 19.1. The number of aromatic amines is 1. The van der Waals surface area contributed by atoms with Gasteiger partial charge in [0.2, 0.25) is 0 Å². The van der Waals surface area contributed by atoms with E-state index < -0.39 is 0 Å². The van der Waals surface area contributed by atoms with Crippen LogP contribution < -0.4 is 0 Å². The molecule has 0 unspecified atom stereocenters. The van der Waals surface area contributed by atoms with Crippen molar-refractivity contribution in [2.24, 2.45) is 0 Å². The van der Waals surface area contributed by atoms with E-state index in [1.807, 2.05) is 12.1 Å². The normalized spacial score (nSPS) is 22.9. The Balaban J connectivity index is 1.71. The highest BCUT2D eigenvalue weighted by molar-refractivity contribution is 9.10. The number of nitrogens with zero attached hydrogens (tertiary/aromatic N) is 1. The van der Waals surface area contributed by atoms with Crippen LogP contribution in [0.3, 0.4) is 0 Å². The molecule has 2 aromatic rings. The molecule has 0 aliphatic heterocycles. The highest BCUT2D eigenvalue weighted by Crippen LogP contribution is 2.33. The minimum atomic E-state index is -0.179. The summed E-state index contributed by atoms with van der Waals surface area (Å²) >= 11 is 3.47. The summed E-state index contributed by atoms with van der Waals surface area (Å²) < 4.78 is 6.33. The molecule has 1 aromatic carbocycles. The lowest BCUT2D eigenvalue weighted by atomic mass is 9.87. The number of fused-ring (bicyclic) bond motifs is 1. The van der Waals surface area contributed by atoms with Crippen LogP contribution in [0.5, 0.6) is 0 Å². The van der Waals surface area contributed by atoms with Gasteiger partial charge in [-0.25, -0.2) is 4.98 Å². The van der Waals surface area contributed by atoms with Crippen molar-refractivity contribution in [1.29, 1.82) is 0 Å². The van der Waals surface area contributed by atoms with Crippen LogP contribution in [0.25, 0.3) is 11.0 Å². The van der Waals surface area contributed by atoms with Gasteiger partial charge in [0, 0.05) is 17.3 Å². The van der Waals surface area contributed by atoms with E-state index in [0.29, 0.717) is 5.92 Å². The van der Waals surface area contributed by atoms with Crippen LogP contribution in [0.2, 0.25) is 0 Å². The lowest BCUT2D eigenvalue weighted by Crippen LogP contribution is -2.23. The summed E-state index contributed by atoms with van der Waals surface area (Å²) in [7, 11) is 0. The fraction of sp³-hybridized carbons (Fsp3) is 0.467. The van der Waals surface area contributed by atoms with Gasteiger partial charge in [-0.05, 0) is 43.9 Å². The standard InChI is InChI=1S/C15H17BrN2O2/c1-9(19)20-12-5-2-10(3-6-12)15-17-13-7-4-11(16)8-14(13)18-15/h4,7-8,10,12H,2-3,5-6H2,1H3,(H,17,18). The molecule has 0 radical (unpaired) electrons. The van der Waals surface area contributed by atoms with Crippen LogP contribution in [-0.2, 0) is 9.53 Å². The molecule has 4 nitrogen and oxygen atoms in total. The number of hydrogen-bond donors (Lipinski definition) is 1. The van der Waals surface area contributed by atoms with E-state index >= 15 is 0 Å². The van der Waals surface area contributed by atoms with Crippen molar-refractivity contribution in [1.82, 2.24) is 9.97 Å². The summed E-state index contributed by atoms with van der Waals surface area (Å²) in [5.41, 5.74) is 2.07. The highest BCUT2D eigenvalue weighted by atomic mass is 79.9. The monoisotopic (exact) mass is 336 g/mol.